The predicted octanol–water partition coefficient (Wildman–Crippen LogP) is 2.52. The van der Waals surface area contributed by atoms with Gasteiger partial charge in [0.25, 0.3) is 0 Å². The molecule has 0 amide bonds. The van der Waals surface area contributed by atoms with Gasteiger partial charge in [0, 0.05) is 24.3 Å². The molecule has 7 nitrogen and oxygen atoms in total. The third-order valence-electron chi connectivity index (χ3n) is 5.24. The van der Waals surface area contributed by atoms with Gasteiger partial charge in [-0.1, -0.05) is 35.3 Å². The molecule has 0 radical (unpaired) electrons. The molecule has 0 saturated carbocycles. The highest BCUT2D eigenvalue weighted by atomic mass is 19.1. The number of nitrogens with zero attached hydrogens (tertiary/aromatic N) is 4. The fourth-order valence-electron chi connectivity index (χ4n) is 3.92. The van der Waals surface area contributed by atoms with E-state index in [1.807, 2.05) is 18.2 Å². The second kappa shape index (κ2) is 7.05. The van der Waals surface area contributed by atoms with Crippen LogP contribution in [-0.4, -0.2) is 28.0 Å². The molecule has 0 bridgehead atoms. The number of rotatable bonds is 3. The molecule has 2 aromatic carbocycles. The normalized spacial score (nSPS) is 14.1. The standard InChI is InChI=1S/C21H20FN7/c22-16-6-3-4-14(10-16)11-28-8-9-29(12-15-5-1-2-7-17(15)28)20-18-19(25-13-24-18)26-21(23)27-20/h1-7,10,13H,8-9,11-12H2,(H3,23,24,25,26,27)/p+1. The van der Waals surface area contributed by atoms with Crippen molar-refractivity contribution in [3.63, 3.8) is 0 Å². The lowest BCUT2D eigenvalue weighted by Crippen LogP contribution is -2.35. The second-order valence-electron chi connectivity index (χ2n) is 7.17. The minimum atomic E-state index is -0.212. The molecule has 29 heavy (non-hydrogen) atoms. The van der Waals surface area contributed by atoms with Crippen molar-refractivity contribution in [3.8, 4) is 0 Å². The summed E-state index contributed by atoms with van der Waals surface area (Å²) in [5.41, 5.74) is 10.7. The summed E-state index contributed by atoms with van der Waals surface area (Å²) in [6, 6.07) is 15.1. The number of aromatic nitrogens is 4. The molecule has 0 unspecified atom stereocenters. The molecule has 146 valence electrons. The highest BCUT2D eigenvalue weighted by Gasteiger charge is 2.26. The van der Waals surface area contributed by atoms with Gasteiger partial charge in [0.05, 0.1) is 19.4 Å². The first-order valence-electron chi connectivity index (χ1n) is 9.51. The van der Waals surface area contributed by atoms with Crippen LogP contribution in [-0.2, 0) is 13.1 Å². The first-order chi connectivity index (χ1) is 14.2. The Kier molecular flexibility index (Phi) is 4.23. The first-order valence-corrected chi connectivity index (χ1v) is 9.51. The third-order valence-corrected chi connectivity index (χ3v) is 5.24. The minimum Gasteiger partial charge on any atom is -0.364 e. The summed E-state index contributed by atoms with van der Waals surface area (Å²) in [6.07, 6.45) is 1.62. The summed E-state index contributed by atoms with van der Waals surface area (Å²) in [7, 11) is 0. The van der Waals surface area contributed by atoms with Crippen LogP contribution in [0.4, 0.5) is 21.8 Å². The molecular formula is C21H21FN7+. The van der Waals surface area contributed by atoms with Crippen molar-refractivity contribution in [2.75, 3.05) is 28.6 Å². The van der Waals surface area contributed by atoms with Crippen molar-refractivity contribution in [1.29, 1.82) is 0 Å². The molecule has 5 rings (SSSR count). The lowest BCUT2D eigenvalue weighted by atomic mass is 10.1. The average molecular weight is 390 g/mol. The Morgan fingerprint density at radius 1 is 1.14 bits per heavy atom. The number of halogens is 1. The van der Waals surface area contributed by atoms with Gasteiger partial charge >= 0.3 is 5.95 Å². The number of nitrogen functional groups attached to an aromatic ring is 1. The van der Waals surface area contributed by atoms with E-state index in [9.17, 15) is 4.39 Å². The van der Waals surface area contributed by atoms with E-state index in [2.05, 4.69) is 41.9 Å². The quantitative estimate of drug-likeness (QED) is 0.561. The van der Waals surface area contributed by atoms with Crippen LogP contribution in [0.25, 0.3) is 11.2 Å². The van der Waals surface area contributed by atoms with Crippen LogP contribution < -0.4 is 20.5 Å². The smallest absolute Gasteiger partial charge is 0.344 e. The van der Waals surface area contributed by atoms with Crippen LogP contribution in [0.5, 0.6) is 0 Å². The van der Waals surface area contributed by atoms with Crippen LogP contribution in [0, 0.1) is 5.82 Å². The van der Waals surface area contributed by atoms with Gasteiger partial charge in [0.1, 0.15) is 5.82 Å². The van der Waals surface area contributed by atoms with E-state index in [1.165, 1.54) is 11.6 Å². The van der Waals surface area contributed by atoms with Gasteiger partial charge in [0.15, 0.2) is 5.52 Å². The van der Waals surface area contributed by atoms with E-state index >= 15 is 0 Å². The molecule has 0 saturated heterocycles. The van der Waals surface area contributed by atoms with E-state index in [0.29, 0.717) is 24.7 Å². The maximum absolute atomic E-state index is 13.7. The van der Waals surface area contributed by atoms with Crippen LogP contribution in [0.2, 0.25) is 0 Å². The van der Waals surface area contributed by atoms with Gasteiger partial charge in [-0.3, -0.25) is 0 Å². The molecular weight excluding hydrogens is 369 g/mol. The zero-order valence-electron chi connectivity index (χ0n) is 15.8. The average Bonchev–Trinajstić information content (AvgIpc) is 3.10. The van der Waals surface area contributed by atoms with E-state index in [0.717, 1.165) is 35.7 Å². The van der Waals surface area contributed by atoms with E-state index in [1.54, 1.807) is 18.5 Å². The fraction of sp³-hybridized carbons (Fsp3) is 0.190. The lowest BCUT2D eigenvalue weighted by Gasteiger charge is -2.24. The summed E-state index contributed by atoms with van der Waals surface area (Å²) < 4.78 is 13.7. The SMILES string of the molecule is Nc1nc2nc[nH]c2c(N2CCN(Cc3cccc(F)c3)c3ccccc3C2)[nH+]1. The zero-order valence-corrected chi connectivity index (χ0v) is 15.8. The Labute approximate surface area is 167 Å². The van der Waals surface area contributed by atoms with Crippen molar-refractivity contribution in [2.45, 2.75) is 13.1 Å². The van der Waals surface area contributed by atoms with E-state index in [4.69, 9.17) is 5.73 Å². The summed E-state index contributed by atoms with van der Waals surface area (Å²) in [6.45, 7) is 2.89. The maximum atomic E-state index is 13.7. The molecule has 0 atom stereocenters. The monoisotopic (exact) mass is 390 g/mol. The first kappa shape index (κ1) is 17.4. The topological polar surface area (TPSA) is 88.2 Å². The van der Waals surface area contributed by atoms with Crippen molar-refractivity contribution in [1.82, 2.24) is 15.0 Å². The summed E-state index contributed by atoms with van der Waals surface area (Å²) >= 11 is 0. The van der Waals surface area contributed by atoms with Crippen LogP contribution in [0.15, 0.2) is 54.9 Å². The van der Waals surface area contributed by atoms with E-state index in [-0.39, 0.29) is 5.82 Å². The number of hydrogen-bond donors (Lipinski definition) is 2. The number of anilines is 3. The van der Waals surface area contributed by atoms with Gasteiger partial charge in [0.2, 0.25) is 11.5 Å². The number of aromatic amines is 2. The van der Waals surface area contributed by atoms with Crippen LogP contribution in [0.3, 0.4) is 0 Å². The number of nitrogens with two attached hydrogens (primary N) is 1. The molecule has 2 aromatic heterocycles. The third kappa shape index (κ3) is 3.33. The Balaban J connectivity index is 1.51. The highest BCUT2D eigenvalue weighted by molar-refractivity contribution is 5.81. The molecule has 4 N–H and O–H groups in total. The van der Waals surface area contributed by atoms with Crippen molar-refractivity contribution >= 4 is 28.6 Å². The van der Waals surface area contributed by atoms with Crippen molar-refractivity contribution in [2.24, 2.45) is 0 Å². The molecule has 3 heterocycles. The molecule has 0 aliphatic carbocycles. The number of fused-ring (bicyclic) bond motifs is 2. The lowest BCUT2D eigenvalue weighted by molar-refractivity contribution is -0.348. The number of imidazole rings is 1. The predicted molar refractivity (Wildman–Crippen MR) is 110 cm³/mol. The summed E-state index contributed by atoms with van der Waals surface area (Å²) in [5.74, 6) is 0.983. The Hall–Kier alpha value is -3.68. The van der Waals surface area contributed by atoms with Gasteiger partial charge < -0.3 is 20.5 Å². The van der Waals surface area contributed by atoms with Gasteiger partial charge in [-0.05, 0) is 23.8 Å². The maximum Gasteiger partial charge on any atom is 0.344 e. The van der Waals surface area contributed by atoms with Gasteiger partial charge in [-0.15, -0.1) is 0 Å². The number of hydrogen-bond acceptors (Lipinski definition) is 5. The Morgan fingerprint density at radius 2 is 2.03 bits per heavy atom. The molecule has 1 aliphatic heterocycles. The van der Waals surface area contributed by atoms with Crippen LogP contribution in [0.1, 0.15) is 11.1 Å². The minimum absolute atomic E-state index is 0.212. The van der Waals surface area contributed by atoms with Crippen molar-refractivity contribution in [3.05, 3.63) is 71.8 Å². The largest absolute Gasteiger partial charge is 0.364 e. The molecule has 0 spiro atoms. The molecule has 8 heteroatoms. The molecule has 1 aliphatic rings. The Bertz CT molecular complexity index is 1170. The fourth-order valence-corrected chi connectivity index (χ4v) is 3.92. The number of H-pyrrole nitrogens is 2. The number of para-hydroxylation sites is 1. The molecule has 0 fully saturated rings. The van der Waals surface area contributed by atoms with Crippen molar-refractivity contribution < 1.29 is 9.37 Å². The zero-order chi connectivity index (χ0) is 19.8. The summed E-state index contributed by atoms with van der Waals surface area (Å²) in [5, 5.41) is 0. The summed E-state index contributed by atoms with van der Waals surface area (Å²) in [4.78, 5) is 19.4. The van der Waals surface area contributed by atoms with Gasteiger partial charge in [-0.25, -0.2) is 14.4 Å². The number of benzene rings is 2. The van der Waals surface area contributed by atoms with Crippen LogP contribution >= 0.6 is 0 Å². The van der Waals surface area contributed by atoms with E-state index < -0.39 is 0 Å². The Morgan fingerprint density at radius 3 is 2.93 bits per heavy atom. The molecule has 4 aromatic rings. The second-order valence-corrected chi connectivity index (χ2v) is 7.17. The van der Waals surface area contributed by atoms with Gasteiger partial charge in [-0.2, -0.15) is 0 Å². The highest BCUT2D eigenvalue weighted by Crippen LogP contribution is 2.29. The number of nitrogens with one attached hydrogen (secondary N) is 2.